The van der Waals surface area contributed by atoms with Crippen molar-refractivity contribution in [2.45, 2.75) is 31.7 Å². The van der Waals surface area contributed by atoms with Crippen LogP contribution < -0.4 is 5.32 Å². The highest BCUT2D eigenvalue weighted by Gasteiger charge is 2.23. The van der Waals surface area contributed by atoms with E-state index in [1.807, 2.05) is 18.4 Å². The van der Waals surface area contributed by atoms with Gasteiger partial charge in [-0.25, -0.2) is 4.98 Å². The lowest BCUT2D eigenvalue weighted by molar-refractivity contribution is 0.665. The Morgan fingerprint density at radius 1 is 1.39 bits per heavy atom. The van der Waals surface area contributed by atoms with E-state index in [-0.39, 0.29) is 6.04 Å². The Kier molecular flexibility index (Phi) is 3.84. The van der Waals surface area contributed by atoms with Crippen molar-refractivity contribution in [2.75, 3.05) is 7.05 Å². The number of fused-ring (bicyclic) bond motifs is 1. The molecule has 0 fully saturated rings. The van der Waals surface area contributed by atoms with E-state index in [1.165, 1.54) is 44.2 Å². The Labute approximate surface area is 124 Å². The molecule has 2 heterocycles. The molecule has 1 aliphatic carbocycles. The molecule has 1 aliphatic rings. The van der Waals surface area contributed by atoms with Crippen molar-refractivity contribution in [3.63, 3.8) is 0 Å². The lowest BCUT2D eigenvalue weighted by atomic mass is 10.0. The van der Waals surface area contributed by atoms with E-state index in [4.69, 9.17) is 4.98 Å². The van der Waals surface area contributed by atoms with E-state index < -0.39 is 0 Å². The monoisotopic (exact) mass is 342 g/mol. The van der Waals surface area contributed by atoms with Gasteiger partial charge in [0.25, 0.3) is 0 Å². The molecule has 2 aromatic rings. The standard InChI is InChI=1S/C13H15BrN2S2/c1-15-11(12-8(14)6-7-17-12)13-16-9-4-2-3-5-10(9)18-13/h6-7,11,15H,2-5H2,1H3. The summed E-state index contributed by atoms with van der Waals surface area (Å²) in [6.45, 7) is 0. The number of nitrogens with one attached hydrogen (secondary N) is 1. The summed E-state index contributed by atoms with van der Waals surface area (Å²) in [6.07, 6.45) is 4.99. The third-order valence-corrected chi connectivity index (χ3v) is 6.46. The summed E-state index contributed by atoms with van der Waals surface area (Å²) in [7, 11) is 2.01. The van der Waals surface area contributed by atoms with Crippen molar-refractivity contribution >= 4 is 38.6 Å². The van der Waals surface area contributed by atoms with E-state index >= 15 is 0 Å². The molecule has 5 heteroatoms. The molecule has 0 saturated heterocycles. The van der Waals surface area contributed by atoms with Gasteiger partial charge in [0.2, 0.25) is 0 Å². The molecular formula is C13H15BrN2S2. The second-order valence-electron chi connectivity index (χ2n) is 4.48. The molecule has 0 bridgehead atoms. The van der Waals surface area contributed by atoms with Gasteiger partial charge >= 0.3 is 0 Å². The van der Waals surface area contributed by atoms with Gasteiger partial charge in [0.05, 0.1) is 11.7 Å². The first-order valence-corrected chi connectivity index (χ1v) is 8.67. The fourth-order valence-electron chi connectivity index (χ4n) is 2.37. The van der Waals surface area contributed by atoms with Gasteiger partial charge in [-0.1, -0.05) is 0 Å². The highest BCUT2D eigenvalue weighted by molar-refractivity contribution is 9.10. The highest BCUT2D eigenvalue weighted by Crippen LogP contribution is 2.37. The number of aryl methyl sites for hydroxylation is 2. The molecule has 1 N–H and O–H groups in total. The topological polar surface area (TPSA) is 24.9 Å². The number of hydrogen-bond donors (Lipinski definition) is 1. The zero-order valence-electron chi connectivity index (χ0n) is 10.2. The lowest BCUT2D eigenvalue weighted by Crippen LogP contribution is -2.16. The Morgan fingerprint density at radius 2 is 2.22 bits per heavy atom. The van der Waals surface area contributed by atoms with Crippen LogP contribution in [0.2, 0.25) is 0 Å². The summed E-state index contributed by atoms with van der Waals surface area (Å²) >= 11 is 7.29. The largest absolute Gasteiger partial charge is 0.307 e. The van der Waals surface area contributed by atoms with Crippen LogP contribution in [0.3, 0.4) is 0 Å². The van der Waals surface area contributed by atoms with Gasteiger partial charge in [-0.2, -0.15) is 0 Å². The number of rotatable bonds is 3. The van der Waals surface area contributed by atoms with Gasteiger partial charge in [-0.3, -0.25) is 0 Å². The number of aromatic nitrogens is 1. The van der Waals surface area contributed by atoms with Gasteiger partial charge in [-0.05, 0) is 60.1 Å². The minimum Gasteiger partial charge on any atom is -0.307 e. The van der Waals surface area contributed by atoms with Crippen LogP contribution in [0.5, 0.6) is 0 Å². The highest BCUT2D eigenvalue weighted by atomic mass is 79.9. The fraction of sp³-hybridized carbons (Fsp3) is 0.462. The van der Waals surface area contributed by atoms with Crippen LogP contribution in [0.4, 0.5) is 0 Å². The molecule has 1 atom stereocenters. The number of nitrogens with zero attached hydrogens (tertiary/aromatic N) is 1. The van der Waals surface area contributed by atoms with Crippen LogP contribution in [0, 0.1) is 0 Å². The third kappa shape index (κ3) is 2.29. The molecule has 1 unspecified atom stereocenters. The maximum Gasteiger partial charge on any atom is 0.116 e. The number of thiazole rings is 1. The first-order valence-electron chi connectivity index (χ1n) is 6.18. The zero-order valence-corrected chi connectivity index (χ0v) is 13.4. The van der Waals surface area contributed by atoms with Crippen molar-refractivity contribution < 1.29 is 0 Å². The molecule has 0 aromatic carbocycles. The number of halogens is 1. The van der Waals surface area contributed by atoms with Crippen molar-refractivity contribution in [1.82, 2.24) is 10.3 Å². The molecule has 0 aliphatic heterocycles. The fourth-order valence-corrected chi connectivity index (χ4v) is 5.44. The molecule has 2 aromatic heterocycles. The maximum atomic E-state index is 4.86. The summed E-state index contributed by atoms with van der Waals surface area (Å²) in [5.74, 6) is 0. The van der Waals surface area contributed by atoms with Gasteiger partial charge < -0.3 is 5.32 Å². The zero-order chi connectivity index (χ0) is 12.5. The van der Waals surface area contributed by atoms with Crippen molar-refractivity contribution in [3.05, 3.63) is 36.4 Å². The third-order valence-electron chi connectivity index (χ3n) is 3.30. The van der Waals surface area contributed by atoms with Gasteiger partial charge in [0, 0.05) is 14.2 Å². The average molecular weight is 343 g/mol. The van der Waals surface area contributed by atoms with E-state index in [0.29, 0.717) is 0 Å². The van der Waals surface area contributed by atoms with E-state index in [0.717, 1.165) is 6.42 Å². The van der Waals surface area contributed by atoms with E-state index in [9.17, 15) is 0 Å². The van der Waals surface area contributed by atoms with Crippen LogP contribution in [-0.2, 0) is 12.8 Å². The predicted molar refractivity (Wildman–Crippen MR) is 81.7 cm³/mol. The molecule has 0 amide bonds. The first kappa shape index (κ1) is 12.8. The minimum absolute atomic E-state index is 0.231. The van der Waals surface area contributed by atoms with Crippen LogP contribution in [0.1, 0.15) is 39.3 Å². The molecule has 2 nitrogen and oxygen atoms in total. The number of thiophene rings is 1. The minimum atomic E-state index is 0.231. The van der Waals surface area contributed by atoms with Crippen LogP contribution in [0.15, 0.2) is 15.9 Å². The normalized spacial score (nSPS) is 16.6. The van der Waals surface area contributed by atoms with Crippen molar-refractivity contribution in [1.29, 1.82) is 0 Å². The Balaban J connectivity index is 1.97. The summed E-state index contributed by atoms with van der Waals surface area (Å²) in [5, 5.41) is 6.74. The number of hydrogen-bond acceptors (Lipinski definition) is 4. The first-order chi connectivity index (χ1) is 8.79. The van der Waals surface area contributed by atoms with Crippen LogP contribution in [0.25, 0.3) is 0 Å². The second kappa shape index (κ2) is 5.41. The average Bonchev–Trinajstić information content (AvgIpc) is 2.97. The SMILES string of the molecule is CNC(c1nc2c(s1)CCCC2)c1sccc1Br. The summed E-state index contributed by atoms with van der Waals surface area (Å²) in [6, 6.07) is 2.34. The quantitative estimate of drug-likeness (QED) is 0.905. The second-order valence-corrected chi connectivity index (χ2v) is 7.40. The molecule has 18 heavy (non-hydrogen) atoms. The van der Waals surface area contributed by atoms with Gasteiger partial charge in [0.15, 0.2) is 0 Å². The van der Waals surface area contributed by atoms with E-state index in [2.05, 4.69) is 32.7 Å². The Morgan fingerprint density at radius 3 is 2.89 bits per heavy atom. The predicted octanol–water partition coefficient (Wildman–Crippen LogP) is 4.15. The Hall–Kier alpha value is -0.230. The molecule has 0 radical (unpaired) electrons. The summed E-state index contributed by atoms with van der Waals surface area (Å²) in [4.78, 5) is 7.69. The molecule has 96 valence electrons. The van der Waals surface area contributed by atoms with Gasteiger partial charge in [0.1, 0.15) is 5.01 Å². The maximum absolute atomic E-state index is 4.86. The smallest absolute Gasteiger partial charge is 0.116 e. The molecule has 0 spiro atoms. The summed E-state index contributed by atoms with van der Waals surface area (Å²) < 4.78 is 1.18. The molecule has 0 saturated carbocycles. The Bertz CT molecular complexity index is 523. The molecule has 3 rings (SSSR count). The summed E-state index contributed by atoms with van der Waals surface area (Å²) in [5.41, 5.74) is 1.34. The lowest BCUT2D eigenvalue weighted by Gasteiger charge is -2.12. The van der Waals surface area contributed by atoms with Crippen molar-refractivity contribution in [3.8, 4) is 0 Å². The van der Waals surface area contributed by atoms with Crippen LogP contribution in [-0.4, -0.2) is 12.0 Å². The van der Waals surface area contributed by atoms with Crippen LogP contribution >= 0.6 is 38.6 Å². The van der Waals surface area contributed by atoms with Gasteiger partial charge in [-0.15, -0.1) is 22.7 Å². The van der Waals surface area contributed by atoms with E-state index in [1.54, 1.807) is 11.3 Å². The van der Waals surface area contributed by atoms with Crippen molar-refractivity contribution in [2.24, 2.45) is 0 Å². The molecular weight excluding hydrogens is 328 g/mol.